The third-order valence-corrected chi connectivity index (χ3v) is 4.13. The standard InChI is InChI=1S/C23H22N2O3/c1-2-16-28-21-13-6-5-12-20(21)23(27)25-24-22(26)15-14-18-10-7-9-17-8-3-4-11-19(17)18/h3-15H,2,16H2,1H3,(H,24,26)(H,25,27). The van der Waals surface area contributed by atoms with E-state index in [1.165, 1.54) is 6.08 Å². The van der Waals surface area contributed by atoms with Crippen LogP contribution in [0.5, 0.6) is 5.75 Å². The maximum Gasteiger partial charge on any atom is 0.273 e. The first kappa shape index (κ1) is 19.2. The summed E-state index contributed by atoms with van der Waals surface area (Å²) in [4.78, 5) is 24.5. The molecule has 2 amide bonds. The minimum absolute atomic E-state index is 0.370. The number of amides is 2. The fourth-order valence-electron chi connectivity index (χ4n) is 2.78. The molecule has 3 aromatic rings. The number of hydrogen-bond acceptors (Lipinski definition) is 3. The van der Waals surface area contributed by atoms with E-state index in [1.54, 1.807) is 30.3 Å². The predicted molar refractivity (Wildman–Crippen MR) is 111 cm³/mol. The minimum Gasteiger partial charge on any atom is -0.493 e. The van der Waals surface area contributed by atoms with E-state index in [1.807, 2.05) is 49.4 Å². The number of carbonyl (C=O) groups excluding carboxylic acids is 2. The quantitative estimate of drug-likeness (QED) is 0.504. The number of nitrogens with one attached hydrogen (secondary N) is 2. The zero-order valence-electron chi connectivity index (χ0n) is 15.6. The molecule has 0 aliphatic rings. The lowest BCUT2D eigenvalue weighted by Crippen LogP contribution is -2.40. The monoisotopic (exact) mass is 374 g/mol. The molecule has 0 heterocycles. The summed E-state index contributed by atoms with van der Waals surface area (Å²) in [7, 11) is 0. The lowest BCUT2D eigenvalue weighted by atomic mass is 10.0. The van der Waals surface area contributed by atoms with E-state index in [2.05, 4.69) is 10.9 Å². The molecule has 0 saturated heterocycles. The summed E-state index contributed by atoms with van der Waals surface area (Å²) >= 11 is 0. The molecular formula is C23H22N2O3. The molecule has 3 rings (SSSR count). The van der Waals surface area contributed by atoms with Gasteiger partial charge in [-0.25, -0.2) is 0 Å². The maximum atomic E-state index is 12.4. The van der Waals surface area contributed by atoms with Crippen molar-refractivity contribution in [3.8, 4) is 5.75 Å². The molecule has 0 unspecified atom stereocenters. The lowest BCUT2D eigenvalue weighted by molar-refractivity contribution is -0.117. The van der Waals surface area contributed by atoms with Gasteiger partial charge in [-0.2, -0.15) is 0 Å². The summed E-state index contributed by atoms with van der Waals surface area (Å²) in [5, 5.41) is 2.15. The summed E-state index contributed by atoms with van der Waals surface area (Å²) in [6.45, 7) is 2.51. The molecule has 142 valence electrons. The molecular weight excluding hydrogens is 352 g/mol. The van der Waals surface area contributed by atoms with Gasteiger partial charge in [0.2, 0.25) is 0 Å². The Labute approximate surface area is 164 Å². The maximum absolute atomic E-state index is 12.4. The van der Waals surface area contributed by atoms with Crippen molar-refractivity contribution in [1.82, 2.24) is 10.9 Å². The number of fused-ring (bicyclic) bond motifs is 1. The molecule has 2 N–H and O–H groups in total. The Kier molecular flexibility index (Phi) is 6.41. The second kappa shape index (κ2) is 9.37. The van der Waals surface area contributed by atoms with Gasteiger partial charge in [-0.05, 0) is 41.0 Å². The summed E-state index contributed by atoms with van der Waals surface area (Å²) in [5.41, 5.74) is 6.12. The SMILES string of the molecule is CCCOc1ccccc1C(=O)NNC(=O)C=Cc1cccc2ccccc12. The first-order chi connectivity index (χ1) is 13.7. The Hall–Kier alpha value is -3.60. The highest BCUT2D eigenvalue weighted by molar-refractivity contribution is 6.00. The van der Waals surface area contributed by atoms with Crippen molar-refractivity contribution in [3.63, 3.8) is 0 Å². The average Bonchev–Trinajstić information content (AvgIpc) is 2.74. The van der Waals surface area contributed by atoms with E-state index in [-0.39, 0.29) is 0 Å². The summed E-state index contributed by atoms with van der Waals surface area (Å²) < 4.78 is 5.57. The lowest BCUT2D eigenvalue weighted by Gasteiger charge is -2.11. The zero-order chi connectivity index (χ0) is 19.8. The van der Waals surface area contributed by atoms with Crippen molar-refractivity contribution < 1.29 is 14.3 Å². The molecule has 0 radical (unpaired) electrons. The highest BCUT2D eigenvalue weighted by Crippen LogP contribution is 2.20. The molecule has 0 bridgehead atoms. The number of hydrazine groups is 1. The Bertz CT molecular complexity index is 1010. The first-order valence-corrected chi connectivity index (χ1v) is 9.17. The Morgan fingerprint density at radius 3 is 2.54 bits per heavy atom. The topological polar surface area (TPSA) is 67.4 Å². The van der Waals surface area contributed by atoms with E-state index >= 15 is 0 Å². The van der Waals surface area contributed by atoms with Crippen LogP contribution >= 0.6 is 0 Å². The van der Waals surface area contributed by atoms with Gasteiger partial charge in [0.05, 0.1) is 12.2 Å². The van der Waals surface area contributed by atoms with Crippen molar-refractivity contribution in [2.45, 2.75) is 13.3 Å². The van der Waals surface area contributed by atoms with Crippen LogP contribution < -0.4 is 15.6 Å². The molecule has 3 aromatic carbocycles. The van der Waals surface area contributed by atoms with Gasteiger partial charge in [-0.1, -0.05) is 61.5 Å². The number of para-hydroxylation sites is 1. The van der Waals surface area contributed by atoms with E-state index in [4.69, 9.17) is 4.74 Å². The van der Waals surface area contributed by atoms with Gasteiger partial charge >= 0.3 is 0 Å². The smallest absolute Gasteiger partial charge is 0.273 e. The largest absolute Gasteiger partial charge is 0.493 e. The normalized spacial score (nSPS) is 10.8. The zero-order valence-corrected chi connectivity index (χ0v) is 15.6. The molecule has 0 spiro atoms. The van der Waals surface area contributed by atoms with Crippen molar-refractivity contribution in [2.75, 3.05) is 6.61 Å². The van der Waals surface area contributed by atoms with Crippen LogP contribution in [0.4, 0.5) is 0 Å². The summed E-state index contributed by atoms with van der Waals surface area (Å²) in [6, 6.07) is 20.8. The van der Waals surface area contributed by atoms with Gasteiger partial charge in [0.1, 0.15) is 5.75 Å². The molecule has 0 aromatic heterocycles. The Morgan fingerprint density at radius 1 is 0.929 bits per heavy atom. The summed E-state index contributed by atoms with van der Waals surface area (Å²) in [6.07, 6.45) is 3.95. The van der Waals surface area contributed by atoms with Crippen molar-refractivity contribution >= 4 is 28.7 Å². The predicted octanol–water partition coefficient (Wildman–Crippen LogP) is 4.10. The highest BCUT2D eigenvalue weighted by atomic mass is 16.5. The van der Waals surface area contributed by atoms with E-state index in [9.17, 15) is 9.59 Å². The van der Waals surface area contributed by atoms with Crippen LogP contribution in [0.15, 0.2) is 72.8 Å². The molecule has 5 nitrogen and oxygen atoms in total. The van der Waals surface area contributed by atoms with Gasteiger partial charge in [0.15, 0.2) is 0 Å². The number of rotatable bonds is 6. The molecule has 0 fully saturated rings. The Balaban J connectivity index is 1.63. The minimum atomic E-state index is -0.432. The second-order valence-electron chi connectivity index (χ2n) is 6.19. The van der Waals surface area contributed by atoms with Gasteiger partial charge < -0.3 is 4.74 Å². The molecule has 0 aliphatic carbocycles. The third-order valence-electron chi connectivity index (χ3n) is 4.13. The Morgan fingerprint density at radius 2 is 1.68 bits per heavy atom. The highest BCUT2D eigenvalue weighted by Gasteiger charge is 2.12. The molecule has 5 heteroatoms. The van der Waals surface area contributed by atoms with Crippen LogP contribution in [-0.4, -0.2) is 18.4 Å². The number of ether oxygens (including phenoxy) is 1. The van der Waals surface area contributed by atoms with E-state index in [0.29, 0.717) is 17.9 Å². The average molecular weight is 374 g/mol. The fraction of sp³-hybridized carbons (Fsp3) is 0.130. The van der Waals surface area contributed by atoms with Crippen molar-refractivity contribution in [2.24, 2.45) is 0 Å². The molecule has 0 saturated carbocycles. The van der Waals surface area contributed by atoms with Crippen molar-refractivity contribution in [3.05, 3.63) is 83.9 Å². The van der Waals surface area contributed by atoms with E-state index in [0.717, 1.165) is 22.8 Å². The number of benzene rings is 3. The second-order valence-corrected chi connectivity index (χ2v) is 6.19. The third kappa shape index (κ3) is 4.76. The molecule has 0 atom stereocenters. The van der Waals surface area contributed by atoms with Gasteiger partial charge in [0.25, 0.3) is 11.8 Å². The van der Waals surface area contributed by atoms with Crippen LogP contribution in [0.25, 0.3) is 16.8 Å². The fourth-order valence-corrected chi connectivity index (χ4v) is 2.78. The number of hydrogen-bond donors (Lipinski definition) is 2. The van der Waals surface area contributed by atoms with Crippen LogP contribution in [-0.2, 0) is 4.79 Å². The van der Waals surface area contributed by atoms with Crippen LogP contribution in [0.2, 0.25) is 0 Å². The molecule has 0 aliphatic heterocycles. The van der Waals surface area contributed by atoms with Gasteiger partial charge in [-0.3, -0.25) is 20.4 Å². The first-order valence-electron chi connectivity index (χ1n) is 9.17. The number of carbonyl (C=O) groups is 2. The van der Waals surface area contributed by atoms with Crippen LogP contribution in [0.1, 0.15) is 29.3 Å². The van der Waals surface area contributed by atoms with Crippen molar-refractivity contribution in [1.29, 1.82) is 0 Å². The summed E-state index contributed by atoms with van der Waals surface area (Å²) in [5.74, 6) is -0.366. The molecule has 28 heavy (non-hydrogen) atoms. The van der Waals surface area contributed by atoms with E-state index < -0.39 is 11.8 Å². The van der Waals surface area contributed by atoms with Gasteiger partial charge in [0, 0.05) is 6.08 Å². The van der Waals surface area contributed by atoms with Gasteiger partial charge in [-0.15, -0.1) is 0 Å². The van der Waals surface area contributed by atoms with Crippen LogP contribution in [0, 0.1) is 0 Å². The van der Waals surface area contributed by atoms with Crippen LogP contribution in [0.3, 0.4) is 0 Å².